The van der Waals surface area contributed by atoms with Gasteiger partial charge < -0.3 is 20.1 Å². The molecule has 3 aromatic rings. The molecule has 2 heterocycles. The lowest BCUT2D eigenvalue weighted by Gasteiger charge is -2.26. The van der Waals surface area contributed by atoms with Gasteiger partial charge in [0.15, 0.2) is 0 Å². The van der Waals surface area contributed by atoms with Gasteiger partial charge in [-0.3, -0.25) is 14.5 Å². The number of carboxylic acid groups (broad SMARTS) is 1. The van der Waals surface area contributed by atoms with E-state index in [4.69, 9.17) is 4.74 Å². The van der Waals surface area contributed by atoms with Crippen LogP contribution >= 0.6 is 0 Å². The lowest BCUT2D eigenvalue weighted by atomic mass is 9.98. The van der Waals surface area contributed by atoms with E-state index in [9.17, 15) is 19.5 Å². The summed E-state index contributed by atoms with van der Waals surface area (Å²) in [6.07, 6.45) is -0.903. The van der Waals surface area contributed by atoms with Gasteiger partial charge in [-0.2, -0.15) is 0 Å². The van der Waals surface area contributed by atoms with Gasteiger partial charge in [-0.25, -0.2) is 4.79 Å². The average Bonchev–Trinajstić information content (AvgIpc) is 3.64. The predicted octanol–water partition coefficient (Wildman–Crippen LogP) is 4.35. The van der Waals surface area contributed by atoms with E-state index >= 15 is 0 Å². The molecule has 212 valence electrons. The summed E-state index contributed by atoms with van der Waals surface area (Å²) in [5.41, 5.74) is 5.75. The quantitative estimate of drug-likeness (QED) is 0.409. The molecule has 3 atom stereocenters. The van der Waals surface area contributed by atoms with Gasteiger partial charge >= 0.3 is 12.1 Å². The van der Waals surface area contributed by atoms with E-state index in [0.29, 0.717) is 24.9 Å². The molecule has 6 rings (SSSR count). The van der Waals surface area contributed by atoms with Crippen molar-refractivity contribution in [1.82, 2.24) is 15.1 Å². The van der Waals surface area contributed by atoms with Gasteiger partial charge in [0.1, 0.15) is 12.6 Å². The van der Waals surface area contributed by atoms with Crippen LogP contribution in [0.2, 0.25) is 0 Å². The molecule has 41 heavy (non-hydrogen) atoms. The van der Waals surface area contributed by atoms with E-state index in [2.05, 4.69) is 34.5 Å². The first-order chi connectivity index (χ1) is 20.0. The number of carbonyl (C=O) groups excluding carboxylic acids is 2. The summed E-state index contributed by atoms with van der Waals surface area (Å²) in [5, 5.41) is 12.0. The Labute approximate surface area is 239 Å². The first-order valence-electron chi connectivity index (χ1n) is 14.3. The number of carboxylic acids is 1. The van der Waals surface area contributed by atoms with Crippen molar-refractivity contribution in [2.75, 3.05) is 32.8 Å². The fraction of sp³-hybridized carbons (Fsp3) is 0.364. The van der Waals surface area contributed by atoms with Crippen molar-refractivity contribution in [2.24, 2.45) is 11.8 Å². The Kier molecular flexibility index (Phi) is 7.74. The van der Waals surface area contributed by atoms with Crippen molar-refractivity contribution >= 4 is 18.0 Å². The minimum absolute atomic E-state index is 0.0182. The number of rotatable bonds is 9. The zero-order valence-corrected chi connectivity index (χ0v) is 22.9. The third-order valence-electron chi connectivity index (χ3n) is 8.70. The summed E-state index contributed by atoms with van der Waals surface area (Å²) >= 11 is 0. The fourth-order valence-electron chi connectivity index (χ4n) is 6.77. The number of nitrogens with one attached hydrogen (secondary N) is 1. The molecule has 0 spiro atoms. The highest BCUT2D eigenvalue weighted by Crippen LogP contribution is 2.44. The van der Waals surface area contributed by atoms with Gasteiger partial charge in [-0.15, -0.1) is 0 Å². The average molecular weight is 554 g/mol. The summed E-state index contributed by atoms with van der Waals surface area (Å²) in [6, 6.07) is 25.6. The molecule has 2 amide bonds. The molecular weight excluding hydrogens is 518 g/mol. The minimum Gasteiger partial charge on any atom is -0.481 e. The van der Waals surface area contributed by atoms with E-state index in [-0.39, 0.29) is 31.3 Å². The van der Waals surface area contributed by atoms with Crippen LogP contribution < -0.4 is 5.32 Å². The molecule has 2 fully saturated rings. The van der Waals surface area contributed by atoms with Crippen molar-refractivity contribution in [3.63, 3.8) is 0 Å². The molecule has 8 nitrogen and oxygen atoms in total. The molecule has 2 N–H and O–H groups in total. The lowest BCUT2D eigenvalue weighted by molar-refractivity contribution is -0.138. The standard InChI is InChI=1S/C33H35N3O5/c37-31(38)15-14-30(32(39)36-19-23-17-35(18-24(23)20-36)16-22-8-2-1-3-9-22)34-33(40)41-21-29-27-12-6-4-10-25(27)26-11-5-7-13-28(26)29/h1-13,23-24,29-30H,14-21H2,(H,34,40)(H,37,38). The van der Waals surface area contributed by atoms with Gasteiger partial charge in [0.25, 0.3) is 0 Å². The van der Waals surface area contributed by atoms with E-state index in [1.54, 1.807) is 4.90 Å². The van der Waals surface area contributed by atoms with Crippen LogP contribution in [0.3, 0.4) is 0 Å². The van der Waals surface area contributed by atoms with Crippen LogP contribution in [-0.4, -0.2) is 71.7 Å². The van der Waals surface area contributed by atoms with Gasteiger partial charge in [-0.1, -0.05) is 78.9 Å². The zero-order valence-electron chi connectivity index (χ0n) is 22.9. The van der Waals surface area contributed by atoms with Crippen LogP contribution in [0.5, 0.6) is 0 Å². The minimum atomic E-state index is -1.01. The number of alkyl carbamates (subject to hydrolysis) is 1. The van der Waals surface area contributed by atoms with Crippen molar-refractivity contribution in [3.8, 4) is 11.1 Å². The van der Waals surface area contributed by atoms with E-state index in [1.165, 1.54) is 5.56 Å². The maximum atomic E-state index is 13.5. The molecular formula is C33H35N3O5. The molecule has 3 aromatic carbocycles. The number of nitrogens with zero attached hydrogens (tertiary/aromatic N) is 2. The monoisotopic (exact) mass is 553 g/mol. The first-order valence-corrected chi connectivity index (χ1v) is 14.3. The number of ether oxygens (including phenoxy) is 1. The van der Waals surface area contributed by atoms with E-state index < -0.39 is 18.1 Å². The Morgan fingerprint density at radius 2 is 1.41 bits per heavy atom. The van der Waals surface area contributed by atoms with Crippen LogP contribution in [0.4, 0.5) is 4.79 Å². The highest BCUT2D eigenvalue weighted by molar-refractivity contribution is 5.86. The number of amides is 2. The Balaban J connectivity index is 1.06. The van der Waals surface area contributed by atoms with Crippen molar-refractivity contribution < 1.29 is 24.2 Å². The van der Waals surface area contributed by atoms with Crippen LogP contribution in [0.1, 0.15) is 35.4 Å². The molecule has 1 aliphatic carbocycles. The second-order valence-electron chi connectivity index (χ2n) is 11.4. The normalized spacial score (nSPS) is 20.2. The Hall–Kier alpha value is -4.17. The summed E-state index contributed by atoms with van der Waals surface area (Å²) in [5.74, 6) is -0.594. The van der Waals surface area contributed by atoms with Crippen LogP contribution in [0, 0.1) is 11.8 Å². The molecule has 0 saturated carbocycles. The number of aliphatic carboxylic acids is 1. The Bertz CT molecular complexity index is 1370. The second-order valence-corrected chi connectivity index (χ2v) is 11.4. The van der Waals surface area contributed by atoms with Crippen LogP contribution in [0.15, 0.2) is 78.9 Å². The Morgan fingerprint density at radius 3 is 2.02 bits per heavy atom. The third-order valence-corrected chi connectivity index (χ3v) is 8.70. The fourth-order valence-corrected chi connectivity index (χ4v) is 6.77. The number of hydrogen-bond acceptors (Lipinski definition) is 5. The van der Waals surface area contributed by atoms with E-state index in [0.717, 1.165) is 41.9 Å². The third kappa shape index (κ3) is 5.84. The van der Waals surface area contributed by atoms with Crippen molar-refractivity contribution in [3.05, 3.63) is 95.6 Å². The molecule has 0 radical (unpaired) electrons. The number of likely N-dealkylation sites (tertiary alicyclic amines) is 2. The maximum Gasteiger partial charge on any atom is 0.407 e. The highest BCUT2D eigenvalue weighted by Gasteiger charge is 2.43. The molecule has 3 unspecified atom stereocenters. The first kappa shape index (κ1) is 27.0. The van der Waals surface area contributed by atoms with Crippen LogP contribution in [0.25, 0.3) is 11.1 Å². The maximum absolute atomic E-state index is 13.5. The zero-order chi connectivity index (χ0) is 28.3. The topological polar surface area (TPSA) is 99.2 Å². The SMILES string of the molecule is O=C(O)CCC(NC(=O)OCC1c2ccccc2-c2ccccc21)C(=O)N1CC2CN(Cc3ccccc3)CC2C1. The summed E-state index contributed by atoms with van der Waals surface area (Å²) in [7, 11) is 0. The molecule has 3 aliphatic rings. The van der Waals surface area contributed by atoms with Crippen molar-refractivity contribution in [2.45, 2.75) is 31.3 Å². The molecule has 0 bridgehead atoms. The molecule has 2 aliphatic heterocycles. The molecule has 2 saturated heterocycles. The number of benzene rings is 3. The smallest absolute Gasteiger partial charge is 0.407 e. The van der Waals surface area contributed by atoms with Gasteiger partial charge in [0.2, 0.25) is 5.91 Å². The second kappa shape index (κ2) is 11.7. The summed E-state index contributed by atoms with van der Waals surface area (Å²) in [6.45, 7) is 4.10. The molecule has 8 heteroatoms. The Morgan fingerprint density at radius 1 is 0.829 bits per heavy atom. The van der Waals surface area contributed by atoms with E-state index in [1.807, 2.05) is 54.6 Å². The lowest BCUT2D eigenvalue weighted by Crippen LogP contribution is -2.49. The van der Waals surface area contributed by atoms with Gasteiger partial charge in [0, 0.05) is 45.1 Å². The number of hydrogen-bond donors (Lipinski definition) is 2. The number of carbonyl (C=O) groups is 3. The predicted molar refractivity (Wildman–Crippen MR) is 154 cm³/mol. The molecule has 0 aromatic heterocycles. The van der Waals surface area contributed by atoms with Crippen LogP contribution in [-0.2, 0) is 20.9 Å². The summed E-state index contributed by atoms with van der Waals surface area (Å²) < 4.78 is 5.66. The largest absolute Gasteiger partial charge is 0.481 e. The van der Waals surface area contributed by atoms with Gasteiger partial charge in [0.05, 0.1) is 0 Å². The highest BCUT2D eigenvalue weighted by atomic mass is 16.5. The van der Waals surface area contributed by atoms with Crippen molar-refractivity contribution in [1.29, 1.82) is 0 Å². The number of fused-ring (bicyclic) bond motifs is 4. The summed E-state index contributed by atoms with van der Waals surface area (Å²) in [4.78, 5) is 42.1. The van der Waals surface area contributed by atoms with Gasteiger partial charge in [-0.05, 0) is 46.1 Å².